The zero-order chi connectivity index (χ0) is 55.6. The van der Waals surface area contributed by atoms with Crippen molar-refractivity contribution in [2.24, 2.45) is 50.2 Å². The summed E-state index contributed by atoms with van der Waals surface area (Å²) in [7, 11) is 0. The molecular weight excluding hydrogens is 977 g/mol. The molecule has 0 bridgehead atoms. The summed E-state index contributed by atoms with van der Waals surface area (Å²) in [5, 5.41) is 73.5. The van der Waals surface area contributed by atoms with Crippen LogP contribution in [0.3, 0.4) is 0 Å². The maximum absolute atomic E-state index is 15.2. The Labute approximate surface area is 452 Å². The highest BCUT2D eigenvalue weighted by molar-refractivity contribution is 5.95. The molecule has 76 heavy (non-hydrogen) atoms. The molecule has 2 saturated heterocycles. The van der Waals surface area contributed by atoms with Crippen molar-refractivity contribution in [3.8, 4) is 0 Å². The summed E-state index contributed by atoms with van der Waals surface area (Å²) in [5.74, 6) is -3.61. The number of unbranched alkanes of at least 4 members (excludes halogenated alkanes) is 15. The monoisotopic (exact) mass is 1070 g/mol. The number of hydrogen-bond donors (Lipinski definition) is 7. The average Bonchev–Trinajstić information content (AvgIpc) is 3.36. The van der Waals surface area contributed by atoms with E-state index in [1.54, 1.807) is 0 Å². The van der Waals surface area contributed by atoms with Crippen LogP contribution in [-0.4, -0.2) is 134 Å². The molecule has 0 aromatic rings. The molecule has 19 atom stereocenters. The molecule has 0 unspecified atom stereocenters. The van der Waals surface area contributed by atoms with Gasteiger partial charge in [-0.05, 0) is 116 Å². The number of carbonyl (C=O) groups is 4. The highest BCUT2D eigenvalue weighted by Gasteiger charge is 2.71. The van der Waals surface area contributed by atoms with Gasteiger partial charge in [0.1, 0.15) is 36.6 Å². The first-order valence-corrected chi connectivity index (χ1v) is 29.7. The SMILES string of the molecule is CCCCCCCCCCCCCCCCCCOC(=O)[C@@]1(C)CC[C@]2(C)CC[C@]3(C)C(=CC(=O)[C@@H]4[C@@]5(C)CC[C@H](O[C@H]6O[C@H](C(=O)O)[C@@H](O)[C@H](O)[C@H]6O[C@@H]6O[C@H](C(=O)O)[C@@H](O)[C@H](O)[C@H]6O)C(C)(C)[C@@H]5CC[C@]43C)[C@@H]2C1. The maximum atomic E-state index is 15.2. The molecule has 0 aromatic carbocycles. The second-order valence-electron chi connectivity index (χ2n) is 26.8. The number of carboxylic acids is 2. The molecule has 6 fully saturated rings. The van der Waals surface area contributed by atoms with Crippen LogP contribution in [0, 0.1) is 50.2 Å². The van der Waals surface area contributed by atoms with E-state index in [4.69, 9.17) is 23.7 Å². The summed E-state index contributed by atoms with van der Waals surface area (Å²) in [6.45, 7) is 18.2. The number of carbonyl (C=O) groups excluding carboxylic acids is 2. The van der Waals surface area contributed by atoms with E-state index >= 15 is 4.79 Å². The largest absolute Gasteiger partial charge is 0.479 e. The van der Waals surface area contributed by atoms with E-state index < -0.39 is 101 Å². The smallest absolute Gasteiger partial charge is 0.335 e. The molecule has 16 heteroatoms. The molecule has 0 amide bonds. The van der Waals surface area contributed by atoms with Gasteiger partial charge in [-0.25, -0.2) is 9.59 Å². The molecule has 7 rings (SSSR count). The van der Waals surface area contributed by atoms with Gasteiger partial charge in [0.25, 0.3) is 0 Å². The number of aliphatic hydroxyl groups is 5. The fraction of sp³-hybridized carbons (Fsp3) is 0.900. The minimum absolute atomic E-state index is 0.0484. The van der Waals surface area contributed by atoms with Crippen molar-refractivity contribution in [1.82, 2.24) is 0 Å². The van der Waals surface area contributed by atoms with Crippen LogP contribution in [0.15, 0.2) is 11.6 Å². The lowest BCUT2D eigenvalue weighted by atomic mass is 9.33. The van der Waals surface area contributed by atoms with Crippen LogP contribution in [0.1, 0.15) is 216 Å². The maximum Gasteiger partial charge on any atom is 0.335 e. The first kappa shape index (κ1) is 61.1. The van der Waals surface area contributed by atoms with Crippen molar-refractivity contribution in [1.29, 1.82) is 0 Å². The van der Waals surface area contributed by atoms with Gasteiger partial charge in [0.15, 0.2) is 30.6 Å². The lowest BCUT2D eigenvalue weighted by molar-refractivity contribution is -0.371. The minimum Gasteiger partial charge on any atom is -0.479 e. The van der Waals surface area contributed by atoms with Gasteiger partial charge in [-0.2, -0.15) is 0 Å². The number of esters is 1. The van der Waals surface area contributed by atoms with E-state index in [9.17, 15) is 50.1 Å². The molecule has 5 aliphatic carbocycles. The number of ketones is 1. The molecular formula is C60H98O16. The summed E-state index contributed by atoms with van der Waals surface area (Å²) in [5.41, 5.74) is -1.41. The van der Waals surface area contributed by atoms with Crippen LogP contribution in [-0.2, 0) is 42.9 Å². The van der Waals surface area contributed by atoms with Gasteiger partial charge in [0.05, 0.1) is 18.1 Å². The average molecular weight is 1080 g/mol. The van der Waals surface area contributed by atoms with Crippen molar-refractivity contribution >= 4 is 23.7 Å². The van der Waals surface area contributed by atoms with Crippen molar-refractivity contribution in [3.05, 3.63) is 11.6 Å². The molecule has 2 aliphatic heterocycles. The van der Waals surface area contributed by atoms with E-state index in [1.165, 1.54) is 95.5 Å². The minimum atomic E-state index is -2.04. The van der Waals surface area contributed by atoms with Crippen LogP contribution in [0.25, 0.3) is 0 Å². The second kappa shape index (κ2) is 24.7. The van der Waals surface area contributed by atoms with Crippen LogP contribution in [0.2, 0.25) is 0 Å². The molecule has 0 aromatic heterocycles. The Balaban J connectivity index is 0.978. The standard InChI is InChI=1S/C60H98O16/c1-9-10-11-12-13-14-15-16-17-18-19-20-21-22-23-24-33-72-54(71)57(5)30-29-56(4)31-32-59(7)36(37(56)35-57)34-38(61)49-58(6)27-26-40(55(2,3)39(58)25-28-60(49,59)8)73-53-48(44(65)43(64)47(75-53)51(69)70)76-52-45(66)41(62)42(63)46(74-52)50(67)68/h34,37,39-49,52-53,62-66H,9-33,35H2,1-8H3,(H,67,68)(H,69,70)/t37-,39-,40-,41-,42-,43-,44-,45+,46-,47-,48+,49+,52-,53-,56+,57-,58-,59+,60+/m0/s1. The number of ether oxygens (including phenoxy) is 5. The molecule has 16 nitrogen and oxygen atoms in total. The highest BCUT2D eigenvalue weighted by atomic mass is 16.8. The first-order valence-electron chi connectivity index (χ1n) is 29.7. The fourth-order valence-electron chi connectivity index (χ4n) is 16.3. The zero-order valence-corrected chi connectivity index (χ0v) is 47.3. The van der Waals surface area contributed by atoms with Gasteiger partial charge in [0.2, 0.25) is 0 Å². The number of hydrogen-bond acceptors (Lipinski definition) is 14. The molecule has 0 spiro atoms. The Morgan fingerprint density at radius 2 is 1.13 bits per heavy atom. The Morgan fingerprint density at radius 3 is 1.70 bits per heavy atom. The summed E-state index contributed by atoms with van der Waals surface area (Å²) in [4.78, 5) is 53.5. The van der Waals surface area contributed by atoms with Crippen LogP contribution in [0.4, 0.5) is 0 Å². The van der Waals surface area contributed by atoms with Crippen molar-refractivity contribution < 1.29 is 78.6 Å². The van der Waals surface area contributed by atoms with E-state index in [0.29, 0.717) is 25.9 Å². The van der Waals surface area contributed by atoms with Crippen molar-refractivity contribution in [3.63, 3.8) is 0 Å². The molecule has 7 aliphatic rings. The van der Waals surface area contributed by atoms with Gasteiger partial charge in [-0.1, -0.05) is 150 Å². The van der Waals surface area contributed by atoms with E-state index in [-0.39, 0.29) is 40.3 Å². The Kier molecular flexibility index (Phi) is 19.8. The van der Waals surface area contributed by atoms with Crippen LogP contribution in [0.5, 0.6) is 0 Å². The number of allylic oxidation sites excluding steroid dienone is 2. The second-order valence-corrected chi connectivity index (χ2v) is 26.8. The quantitative estimate of drug-likeness (QED) is 0.0270. The number of aliphatic carboxylic acids is 2. The molecule has 2 heterocycles. The Morgan fingerprint density at radius 1 is 0.605 bits per heavy atom. The number of carboxylic acid groups (broad SMARTS) is 2. The van der Waals surface area contributed by atoms with Crippen LogP contribution < -0.4 is 0 Å². The first-order chi connectivity index (χ1) is 35.8. The van der Waals surface area contributed by atoms with E-state index in [0.717, 1.165) is 51.4 Å². The molecule has 434 valence electrons. The normalized spacial score (nSPS) is 42.9. The molecule has 4 saturated carbocycles. The van der Waals surface area contributed by atoms with Crippen molar-refractivity contribution in [2.75, 3.05) is 6.61 Å². The third kappa shape index (κ3) is 11.9. The summed E-state index contributed by atoms with van der Waals surface area (Å²) < 4.78 is 29.7. The lowest BCUT2D eigenvalue weighted by Crippen LogP contribution is -2.68. The molecule has 7 N–H and O–H groups in total. The third-order valence-corrected chi connectivity index (χ3v) is 21.4. The van der Waals surface area contributed by atoms with Crippen LogP contribution >= 0.6 is 0 Å². The summed E-state index contributed by atoms with van der Waals surface area (Å²) in [6, 6.07) is 0. The van der Waals surface area contributed by atoms with Gasteiger partial charge < -0.3 is 59.4 Å². The zero-order valence-electron chi connectivity index (χ0n) is 47.3. The Hall–Kier alpha value is -2.54. The van der Waals surface area contributed by atoms with Gasteiger partial charge in [-0.15, -0.1) is 0 Å². The van der Waals surface area contributed by atoms with Crippen molar-refractivity contribution in [2.45, 2.75) is 283 Å². The number of fused-ring (bicyclic) bond motifs is 7. The lowest BCUT2D eigenvalue weighted by Gasteiger charge is -2.70. The predicted molar refractivity (Wildman–Crippen MR) is 282 cm³/mol. The van der Waals surface area contributed by atoms with Gasteiger partial charge in [0, 0.05) is 5.92 Å². The fourth-order valence-corrected chi connectivity index (χ4v) is 16.3. The predicted octanol–water partition coefficient (Wildman–Crippen LogP) is 8.97. The van der Waals surface area contributed by atoms with E-state index in [1.807, 2.05) is 6.08 Å². The Bertz CT molecular complexity index is 2040. The summed E-state index contributed by atoms with van der Waals surface area (Å²) in [6.07, 6.45) is 9.06. The van der Waals surface area contributed by atoms with Gasteiger partial charge in [-0.3, -0.25) is 9.59 Å². The van der Waals surface area contributed by atoms with E-state index in [2.05, 4.69) is 55.4 Å². The number of aliphatic hydroxyl groups excluding tert-OH is 5. The number of rotatable bonds is 24. The highest BCUT2D eigenvalue weighted by Crippen LogP contribution is 2.75. The topological polar surface area (TPSA) is 256 Å². The third-order valence-electron chi connectivity index (χ3n) is 21.4. The van der Waals surface area contributed by atoms with Gasteiger partial charge >= 0.3 is 17.9 Å². The summed E-state index contributed by atoms with van der Waals surface area (Å²) >= 11 is 0. The molecule has 0 radical (unpaired) electrons.